The van der Waals surface area contributed by atoms with Crippen molar-refractivity contribution < 1.29 is 4.79 Å². The monoisotopic (exact) mass is 354 g/mol. The Kier molecular flexibility index (Phi) is 10.1. The zero-order valence-electron chi connectivity index (χ0n) is 12.2. The predicted molar refractivity (Wildman–Crippen MR) is 92.0 cm³/mol. The van der Waals surface area contributed by atoms with Crippen LogP contribution in [0.1, 0.15) is 35.3 Å². The van der Waals surface area contributed by atoms with E-state index in [2.05, 4.69) is 22.1 Å². The average Bonchev–Trinajstić information content (AvgIpc) is 2.88. The maximum absolute atomic E-state index is 12.1. The fraction of sp³-hybridized carbons (Fsp3) is 0.692. The van der Waals surface area contributed by atoms with E-state index in [9.17, 15) is 4.79 Å². The number of halogens is 2. The minimum absolute atomic E-state index is 0. The Morgan fingerprint density at radius 3 is 3.00 bits per heavy atom. The van der Waals surface area contributed by atoms with Crippen LogP contribution in [0.2, 0.25) is 0 Å². The van der Waals surface area contributed by atoms with Crippen molar-refractivity contribution in [3.8, 4) is 0 Å². The number of carbonyl (C=O) groups excluding carboxylic acids is 1. The number of likely N-dealkylation sites (N-methyl/N-ethyl adjacent to an activating group) is 1. The van der Waals surface area contributed by atoms with Crippen molar-refractivity contribution in [1.29, 1.82) is 0 Å². The fourth-order valence-electron chi connectivity index (χ4n) is 2.37. The van der Waals surface area contributed by atoms with Crippen molar-refractivity contribution in [2.45, 2.75) is 32.2 Å². The molecule has 1 atom stereocenters. The van der Waals surface area contributed by atoms with E-state index in [4.69, 9.17) is 5.73 Å². The predicted octanol–water partition coefficient (Wildman–Crippen LogP) is 1.70. The number of aromatic nitrogens is 1. The molecule has 1 unspecified atom stereocenters. The number of likely N-dealkylation sites (tertiary alicyclic amines) is 1. The molecule has 8 heteroatoms. The molecule has 1 amide bonds. The SMILES string of the molecule is CCN1CCCC(NC(=O)c2csc(CCN)n2)C1.Cl.Cl. The summed E-state index contributed by atoms with van der Waals surface area (Å²) in [6.45, 7) is 5.86. The van der Waals surface area contributed by atoms with Gasteiger partial charge in [0, 0.05) is 24.4 Å². The van der Waals surface area contributed by atoms with Gasteiger partial charge in [-0.25, -0.2) is 4.98 Å². The van der Waals surface area contributed by atoms with Gasteiger partial charge in [0.25, 0.3) is 5.91 Å². The highest BCUT2D eigenvalue weighted by molar-refractivity contribution is 7.09. The summed E-state index contributed by atoms with van der Waals surface area (Å²) in [6.07, 6.45) is 2.95. The molecule has 122 valence electrons. The van der Waals surface area contributed by atoms with Crippen molar-refractivity contribution in [1.82, 2.24) is 15.2 Å². The van der Waals surface area contributed by atoms with Crippen LogP contribution in [-0.4, -0.2) is 48.0 Å². The lowest BCUT2D eigenvalue weighted by Gasteiger charge is -2.32. The Morgan fingerprint density at radius 1 is 1.57 bits per heavy atom. The van der Waals surface area contributed by atoms with E-state index >= 15 is 0 Å². The highest BCUT2D eigenvalue weighted by Crippen LogP contribution is 2.13. The average molecular weight is 355 g/mol. The van der Waals surface area contributed by atoms with E-state index in [-0.39, 0.29) is 36.8 Å². The quantitative estimate of drug-likeness (QED) is 0.844. The number of carbonyl (C=O) groups is 1. The van der Waals surface area contributed by atoms with Crippen LogP contribution in [0.15, 0.2) is 5.38 Å². The lowest BCUT2D eigenvalue weighted by atomic mass is 10.1. The highest BCUT2D eigenvalue weighted by Gasteiger charge is 2.21. The van der Waals surface area contributed by atoms with Gasteiger partial charge in [0.15, 0.2) is 0 Å². The summed E-state index contributed by atoms with van der Waals surface area (Å²) in [5.41, 5.74) is 6.02. The summed E-state index contributed by atoms with van der Waals surface area (Å²) in [7, 11) is 0. The summed E-state index contributed by atoms with van der Waals surface area (Å²) >= 11 is 1.51. The third-order valence-corrected chi connectivity index (χ3v) is 4.34. The smallest absolute Gasteiger partial charge is 0.271 e. The zero-order chi connectivity index (χ0) is 13.7. The van der Waals surface area contributed by atoms with Crippen LogP contribution in [0, 0.1) is 0 Å². The molecule has 2 rings (SSSR count). The molecule has 5 nitrogen and oxygen atoms in total. The second kappa shape index (κ2) is 10.3. The summed E-state index contributed by atoms with van der Waals surface area (Å²) in [6, 6.07) is 0.251. The second-order valence-corrected chi connectivity index (χ2v) is 5.81. The van der Waals surface area contributed by atoms with Crippen LogP contribution in [0.25, 0.3) is 0 Å². The minimum Gasteiger partial charge on any atom is -0.347 e. The van der Waals surface area contributed by atoms with E-state index < -0.39 is 0 Å². The Balaban J connectivity index is 0.00000200. The van der Waals surface area contributed by atoms with Gasteiger partial charge in [-0.2, -0.15) is 0 Å². The first-order chi connectivity index (χ1) is 9.22. The maximum Gasteiger partial charge on any atom is 0.271 e. The first kappa shape index (κ1) is 20.6. The number of hydrogen-bond acceptors (Lipinski definition) is 5. The molecule has 0 spiro atoms. The van der Waals surface area contributed by atoms with Gasteiger partial charge in [0.1, 0.15) is 5.69 Å². The summed E-state index contributed by atoms with van der Waals surface area (Å²) in [5.74, 6) is -0.0533. The van der Waals surface area contributed by atoms with Crippen LogP contribution in [0.5, 0.6) is 0 Å². The van der Waals surface area contributed by atoms with Gasteiger partial charge < -0.3 is 16.0 Å². The number of hydrogen-bond donors (Lipinski definition) is 2. The summed E-state index contributed by atoms with van der Waals surface area (Å²) in [5, 5.41) is 5.84. The maximum atomic E-state index is 12.1. The first-order valence-electron chi connectivity index (χ1n) is 6.90. The topological polar surface area (TPSA) is 71.2 Å². The second-order valence-electron chi connectivity index (χ2n) is 4.87. The molecular formula is C13H24Cl2N4OS. The lowest BCUT2D eigenvalue weighted by molar-refractivity contribution is 0.0901. The van der Waals surface area contributed by atoms with E-state index in [0.29, 0.717) is 12.2 Å². The third kappa shape index (κ3) is 6.08. The third-order valence-electron chi connectivity index (χ3n) is 3.43. The number of piperidine rings is 1. The number of nitrogens with one attached hydrogen (secondary N) is 1. The molecule has 1 aromatic rings. The Morgan fingerprint density at radius 2 is 2.33 bits per heavy atom. The summed E-state index contributed by atoms with van der Waals surface area (Å²) < 4.78 is 0. The minimum atomic E-state index is -0.0533. The van der Waals surface area contributed by atoms with E-state index in [0.717, 1.165) is 43.9 Å². The number of amides is 1. The molecule has 1 aromatic heterocycles. The number of nitrogens with zero attached hydrogens (tertiary/aromatic N) is 2. The molecule has 1 aliphatic heterocycles. The van der Waals surface area contributed by atoms with Gasteiger partial charge >= 0.3 is 0 Å². The highest BCUT2D eigenvalue weighted by atomic mass is 35.5. The van der Waals surface area contributed by atoms with Crippen LogP contribution >= 0.6 is 36.2 Å². The standard InChI is InChI=1S/C13H22N4OS.2ClH/c1-2-17-7-3-4-10(8-17)15-13(18)11-9-19-12(16-11)5-6-14;;/h9-10H,2-8,14H2,1H3,(H,15,18);2*1H. The molecule has 0 aromatic carbocycles. The van der Waals surface area contributed by atoms with Crippen LogP contribution in [0.4, 0.5) is 0 Å². The van der Waals surface area contributed by atoms with Crippen LogP contribution in [0.3, 0.4) is 0 Å². The molecule has 1 fully saturated rings. The van der Waals surface area contributed by atoms with E-state index in [1.165, 1.54) is 11.3 Å². The van der Waals surface area contributed by atoms with Crippen LogP contribution < -0.4 is 11.1 Å². The Bertz CT molecular complexity index is 430. The van der Waals surface area contributed by atoms with Gasteiger partial charge in [-0.1, -0.05) is 6.92 Å². The molecular weight excluding hydrogens is 331 g/mol. The summed E-state index contributed by atoms with van der Waals surface area (Å²) in [4.78, 5) is 18.8. The number of nitrogens with two attached hydrogens (primary N) is 1. The molecule has 1 aliphatic rings. The zero-order valence-corrected chi connectivity index (χ0v) is 14.7. The molecule has 1 saturated heterocycles. The van der Waals surface area contributed by atoms with E-state index in [1.54, 1.807) is 0 Å². The van der Waals surface area contributed by atoms with Gasteiger partial charge in [-0.15, -0.1) is 36.2 Å². The van der Waals surface area contributed by atoms with Crippen molar-refractivity contribution in [3.05, 3.63) is 16.1 Å². The molecule has 0 saturated carbocycles. The van der Waals surface area contributed by atoms with E-state index in [1.807, 2.05) is 5.38 Å². The van der Waals surface area contributed by atoms with Crippen LogP contribution in [-0.2, 0) is 6.42 Å². The Hall–Kier alpha value is -0.400. The van der Waals surface area contributed by atoms with Gasteiger partial charge in [0.2, 0.25) is 0 Å². The largest absolute Gasteiger partial charge is 0.347 e. The van der Waals surface area contributed by atoms with Gasteiger partial charge in [0.05, 0.1) is 5.01 Å². The van der Waals surface area contributed by atoms with Crippen molar-refractivity contribution >= 4 is 42.1 Å². The molecule has 3 N–H and O–H groups in total. The van der Waals surface area contributed by atoms with Crippen molar-refractivity contribution in [2.24, 2.45) is 5.73 Å². The molecule has 0 aliphatic carbocycles. The fourth-order valence-corrected chi connectivity index (χ4v) is 3.17. The van der Waals surface area contributed by atoms with Crippen molar-refractivity contribution in [3.63, 3.8) is 0 Å². The van der Waals surface area contributed by atoms with Gasteiger partial charge in [-0.05, 0) is 32.5 Å². The molecule has 2 heterocycles. The molecule has 0 radical (unpaired) electrons. The Labute approximate surface area is 142 Å². The first-order valence-corrected chi connectivity index (χ1v) is 7.78. The normalized spacial score (nSPS) is 18.5. The van der Waals surface area contributed by atoms with Crippen molar-refractivity contribution in [2.75, 3.05) is 26.2 Å². The molecule has 21 heavy (non-hydrogen) atoms. The lowest BCUT2D eigenvalue weighted by Crippen LogP contribution is -2.47. The number of thiazole rings is 1. The molecule has 0 bridgehead atoms. The van der Waals surface area contributed by atoms with Gasteiger partial charge in [-0.3, -0.25) is 4.79 Å². The number of rotatable bonds is 5.